The Kier molecular flexibility index (Phi) is 18.1. The van der Waals surface area contributed by atoms with Crippen LogP contribution in [0.5, 0.6) is 0 Å². The van der Waals surface area contributed by atoms with Gasteiger partial charge in [-0.2, -0.15) is 0 Å². The molecule has 0 amide bonds. The van der Waals surface area contributed by atoms with Crippen molar-refractivity contribution in [3.05, 3.63) is 0 Å². The van der Waals surface area contributed by atoms with Gasteiger partial charge in [0.25, 0.3) is 0 Å². The Morgan fingerprint density at radius 1 is 0.571 bits per heavy atom. The van der Waals surface area contributed by atoms with E-state index < -0.39 is 0 Å². The molecular formula is C8H20I2N2O2. The Bertz CT molecular complexity index is 66.3. The predicted octanol–water partition coefficient (Wildman–Crippen LogP) is -8.83. The highest BCUT2D eigenvalue weighted by Gasteiger charge is 1.97. The number of halogens is 2. The molecule has 0 atom stereocenters. The van der Waals surface area contributed by atoms with Gasteiger partial charge in [-0.3, -0.25) is 0 Å². The molecule has 2 aliphatic rings. The van der Waals surface area contributed by atoms with Crippen LogP contribution in [0.1, 0.15) is 0 Å². The van der Waals surface area contributed by atoms with E-state index in [0.717, 1.165) is 52.6 Å². The van der Waals surface area contributed by atoms with Gasteiger partial charge in [-0.25, -0.2) is 0 Å². The van der Waals surface area contributed by atoms with Crippen molar-refractivity contribution in [3.63, 3.8) is 0 Å². The Labute approximate surface area is 120 Å². The van der Waals surface area contributed by atoms with Crippen molar-refractivity contribution in [1.29, 1.82) is 0 Å². The first kappa shape index (κ1) is 17.7. The fraction of sp³-hybridized carbons (Fsp3) is 1.00. The highest BCUT2D eigenvalue weighted by Crippen LogP contribution is 1.69. The summed E-state index contributed by atoms with van der Waals surface area (Å²) in [6.45, 7) is 8.39. The van der Waals surface area contributed by atoms with Crippen LogP contribution >= 0.6 is 0 Å². The largest absolute Gasteiger partial charge is 1.00 e. The zero-order valence-corrected chi connectivity index (χ0v) is 12.7. The summed E-state index contributed by atoms with van der Waals surface area (Å²) in [5, 5.41) is 4.53. The molecule has 2 aliphatic heterocycles. The molecule has 0 aromatic rings. The quantitative estimate of drug-likeness (QED) is 0.376. The Morgan fingerprint density at radius 3 is 0.929 bits per heavy atom. The lowest BCUT2D eigenvalue weighted by atomic mass is 10.5. The summed E-state index contributed by atoms with van der Waals surface area (Å²) < 4.78 is 10.1. The van der Waals surface area contributed by atoms with Crippen LogP contribution in [0, 0.1) is 0 Å². The summed E-state index contributed by atoms with van der Waals surface area (Å²) in [5.74, 6) is 0. The Morgan fingerprint density at radius 2 is 0.857 bits per heavy atom. The number of nitrogens with two attached hydrogens (primary N) is 2. The summed E-state index contributed by atoms with van der Waals surface area (Å²) in [5.41, 5.74) is 0. The lowest BCUT2D eigenvalue weighted by molar-refractivity contribution is -0.670. The third kappa shape index (κ3) is 11.4. The van der Waals surface area contributed by atoms with Gasteiger partial charge in [0.15, 0.2) is 0 Å². The first-order valence-corrected chi connectivity index (χ1v) is 4.79. The molecule has 0 bridgehead atoms. The smallest absolute Gasteiger partial charge is 0.0993 e. The molecule has 6 heteroatoms. The van der Waals surface area contributed by atoms with Gasteiger partial charge in [0.2, 0.25) is 0 Å². The lowest BCUT2D eigenvalue weighted by Gasteiger charge is -2.07. The minimum absolute atomic E-state index is 0. The lowest BCUT2D eigenvalue weighted by Crippen LogP contribution is -3.00. The molecule has 0 saturated carbocycles. The fourth-order valence-electron chi connectivity index (χ4n) is 1.16. The molecule has 0 aromatic heterocycles. The standard InChI is InChI=1S/2C4H9NO.2HI/c2*1-3-6-4-2-5-1;;/h2*5H,1-4H2;2*1H. The van der Waals surface area contributed by atoms with Gasteiger partial charge in [-0.1, -0.05) is 0 Å². The van der Waals surface area contributed by atoms with Crippen molar-refractivity contribution in [3.8, 4) is 0 Å². The van der Waals surface area contributed by atoms with E-state index in [-0.39, 0.29) is 48.0 Å². The number of ether oxygens (including phenoxy) is 2. The minimum atomic E-state index is 0. The van der Waals surface area contributed by atoms with Crippen LogP contribution in [0.4, 0.5) is 0 Å². The maximum atomic E-state index is 5.04. The maximum absolute atomic E-state index is 5.04. The number of hydrogen-bond acceptors (Lipinski definition) is 2. The SMILES string of the molecule is C1COCC[NH2+]1.C1COCC[NH2+]1.[I-].[I-]. The van der Waals surface area contributed by atoms with E-state index in [2.05, 4.69) is 10.6 Å². The van der Waals surface area contributed by atoms with E-state index in [1.807, 2.05) is 0 Å². The van der Waals surface area contributed by atoms with E-state index in [4.69, 9.17) is 9.47 Å². The van der Waals surface area contributed by atoms with Gasteiger partial charge in [0.05, 0.1) is 52.6 Å². The third-order valence-corrected chi connectivity index (χ3v) is 1.87. The van der Waals surface area contributed by atoms with Crippen LogP contribution in [0.2, 0.25) is 0 Å². The molecule has 0 aromatic carbocycles. The summed E-state index contributed by atoms with van der Waals surface area (Å²) in [6.07, 6.45) is 0. The zero-order valence-electron chi connectivity index (χ0n) is 8.38. The van der Waals surface area contributed by atoms with Gasteiger partial charge in [0.1, 0.15) is 0 Å². The van der Waals surface area contributed by atoms with Crippen molar-refractivity contribution in [2.45, 2.75) is 0 Å². The van der Waals surface area contributed by atoms with E-state index in [1.54, 1.807) is 0 Å². The van der Waals surface area contributed by atoms with Crippen LogP contribution in [0.25, 0.3) is 0 Å². The molecule has 2 rings (SSSR count). The van der Waals surface area contributed by atoms with Crippen molar-refractivity contribution in [2.75, 3.05) is 52.6 Å². The van der Waals surface area contributed by atoms with E-state index in [0.29, 0.717) is 0 Å². The first-order chi connectivity index (χ1) is 6.00. The molecule has 0 radical (unpaired) electrons. The van der Waals surface area contributed by atoms with Gasteiger partial charge in [-0.05, 0) is 0 Å². The summed E-state index contributed by atoms with van der Waals surface area (Å²) in [6, 6.07) is 0. The summed E-state index contributed by atoms with van der Waals surface area (Å²) in [7, 11) is 0. The average Bonchev–Trinajstić information content (AvgIpc) is 2.24. The van der Waals surface area contributed by atoms with Crippen molar-refractivity contribution in [1.82, 2.24) is 0 Å². The first-order valence-electron chi connectivity index (χ1n) is 4.79. The van der Waals surface area contributed by atoms with Crippen LogP contribution in [0.15, 0.2) is 0 Å². The van der Waals surface area contributed by atoms with Crippen LogP contribution in [0.3, 0.4) is 0 Å². The molecule has 4 N–H and O–H groups in total. The summed E-state index contributed by atoms with van der Waals surface area (Å²) in [4.78, 5) is 0. The molecule has 88 valence electrons. The van der Waals surface area contributed by atoms with Crippen LogP contribution < -0.4 is 58.6 Å². The molecule has 0 spiro atoms. The predicted molar refractivity (Wildman–Crippen MR) is 45.0 cm³/mol. The molecule has 0 aliphatic carbocycles. The number of rotatable bonds is 0. The monoisotopic (exact) mass is 430 g/mol. The summed E-state index contributed by atoms with van der Waals surface area (Å²) >= 11 is 0. The van der Waals surface area contributed by atoms with Crippen molar-refractivity contribution >= 4 is 0 Å². The normalized spacial score (nSPS) is 20.6. The highest BCUT2D eigenvalue weighted by molar-refractivity contribution is 4.31. The second-order valence-electron chi connectivity index (χ2n) is 2.96. The van der Waals surface area contributed by atoms with Crippen molar-refractivity contribution in [2.24, 2.45) is 0 Å². The molecule has 4 nitrogen and oxygen atoms in total. The number of quaternary nitrogens is 2. The van der Waals surface area contributed by atoms with Gasteiger partial charge >= 0.3 is 0 Å². The number of hydrogen-bond donors (Lipinski definition) is 2. The average molecular weight is 430 g/mol. The van der Waals surface area contributed by atoms with E-state index in [9.17, 15) is 0 Å². The zero-order chi connectivity index (χ0) is 8.49. The van der Waals surface area contributed by atoms with E-state index >= 15 is 0 Å². The molecule has 14 heavy (non-hydrogen) atoms. The topological polar surface area (TPSA) is 51.7 Å². The van der Waals surface area contributed by atoms with Gasteiger partial charge < -0.3 is 68.1 Å². The molecule has 0 unspecified atom stereocenters. The van der Waals surface area contributed by atoms with Gasteiger partial charge in [-0.15, -0.1) is 0 Å². The Hall–Kier alpha value is 1.30. The van der Waals surface area contributed by atoms with Crippen molar-refractivity contribution < 1.29 is 68.1 Å². The molecule has 2 fully saturated rings. The van der Waals surface area contributed by atoms with E-state index in [1.165, 1.54) is 0 Å². The number of morpholine rings is 2. The van der Waals surface area contributed by atoms with Gasteiger partial charge in [0, 0.05) is 0 Å². The van der Waals surface area contributed by atoms with Crippen LogP contribution in [-0.4, -0.2) is 52.6 Å². The molecular weight excluding hydrogens is 410 g/mol. The highest BCUT2D eigenvalue weighted by atomic mass is 127. The molecule has 2 saturated heterocycles. The second-order valence-corrected chi connectivity index (χ2v) is 2.96. The second kappa shape index (κ2) is 14.3. The molecule has 2 heterocycles. The fourth-order valence-corrected chi connectivity index (χ4v) is 1.16. The third-order valence-electron chi connectivity index (χ3n) is 1.87. The minimum Gasteiger partial charge on any atom is -1.00 e. The van der Waals surface area contributed by atoms with Crippen LogP contribution in [-0.2, 0) is 9.47 Å². The Balaban J connectivity index is 0. The maximum Gasteiger partial charge on any atom is 0.0993 e.